The molecule has 1 N–H and O–H groups in total. The minimum absolute atomic E-state index is 0.0329. The quantitative estimate of drug-likeness (QED) is 0.605. The number of fused-ring (bicyclic) bond motifs is 5. The third-order valence-electron chi connectivity index (χ3n) is 5.65. The zero-order valence-corrected chi connectivity index (χ0v) is 10.9. The van der Waals surface area contributed by atoms with Gasteiger partial charge in [-0.25, -0.2) is 0 Å². The highest BCUT2D eigenvalue weighted by Crippen LogP contribution is 2.55. The first-order chi connectivity index (χ1) is 9.15. The van der Waals surface area contributed by atoms with E-state index >= 15 is 0 Å². The van der Waals surface area contributed by atoms with Crippen molar-refractivity contribution in [3.8, 4) is 0 Å². The standard InChI is InChI=1S/C15H19NO3/c17-6-5-15(3-4-15)8-16-13(18)11-9-1-2-10(7-9)12(11)14(16)19/h1-2,9-12,17H,3-8H2. The van der Waals surface area contributed by atoms with Crippen LogP contribution in [-0.4, -0.2) is 35.0 Å². The Morgan fingerprint density at radius 3 is 2.21 bits per heavy atom. The summed E-state index contributed by atoms with van der Waals surface area (Å²) in [5, 5.41) is 9.10. The highest BCUT2D eigenvalue weighted by Gasteiger charge is 2.60. The largest absolute Gasteiger partial charge is 0.396 e. The van der Waals surface area contributed by atoms with Crippen LogP contribution < -0.4 is 0 Å². The van der Waals surface area contributed by atoms with Crippen molar-refractivity contribution in [1.29, 1.82) is 0 Å². The van der Waals surface area contributed by atoms with Crippen LogP contribution in [0.15, 0.2) is 12.2 Å². The second kappa shape index (κ2) is 3.69. The molecule has 0 spiro atoms. The molecule has 4 aliphatic rings. The number of likely N-dealkylation sites (tertiary alicyclic amines) is 1. The van der Waals surface area contributed by atoms with E-state index in [0.717, 1.165) is 19.3 Å². The van der Waals surface area contributed by atoms with Gasteiger partial charge in [0.2, 0.25) is 11.8 Å². The Kier molecular flexibility index (Phi) is 2.26. The fourth-order valence-electron chi connectivity index (χ4n) is 4.36. The van der Waals surface area contributed by atoms with E-state index in [1.807, 2.05) is 0 Å². The molecule has 19 heavy (non-hydrogen) atoms. The summed E-state index contributed by atoms with van der Waals surface area (Å²) in [5.41, 5.74) is 0.0329. The van der Waals surface area contributed by atoms with E-state index < -0.39 is 0 Å². The molecule has 4 nitrogen and oxygen atoms in total. The summed E-state index contributed by atoms with van der Waals surface area (Å²) in [6.45, 7) is 0.688. The summed E-state index contributed by atoms with van der Waals surface area (Å²) in [6, 6.07) is 0. The molecule has 1 saturated heterocycles. The molecule has 2 bridgehead atoms. The number of carbonyl (C=O) groups excluding carboxylic acids is 2. The molecule has 2 amide bonds. The number of imide groups is 1. The number of amides is 2. The Balaban J connectivity index is 1.56. The molecule has 1 heterocycles. The van der Waals surface area contributed by atoms with Crippen LogP contribution in [0.5, 0.6) is 0 Å². The zero-order chi connectivity index (χ0) is 13.2. The molecule has 3 aliphatic carbocycles. The first-order valence-corrected chi connectivity index (χ1v) is 7.30. The summed E-state index contributed by atoms with van der Waals surface area (Å²) in [7, 11) is 0. The summed E-state index contributed by atoms with van der Waals surface area (Å²) in [5.74, 6) is 0.542. The number of carbonyl (C=O) groups is 2. The van der Waals surface area contributed by atoms with Crippen LogP contribution in [-0.2, 0) is 9.59 Å². The van der Waals surface area contributed by atoms with Crippen molar-refractivity contribution in [2.45, 2.75) is 25.7 Å². The highest BCUT2D eigenvalue weighted by molar-refractivity contribution is 6.06. The van der Waals surface area contributed by atoms with Crippen molar-refractivity contribution in [1.82, 2.24) is 4.90 Å². The summed E-state index contributed by atoms with van der Waals surface area (Å²) < 4.78 is 0. The second-order valence-corrected chi connectivity index (χ2v) is 6.74. The van der Waals surface area contributed by atoms with Gasteiger partial charge in [-0.2, -0.15) is 0 Å². The Morgan fingerprint density at radius 2 is 1.74 bits per heavy atom. The lowest BCUT2D eigenvalue weighted by molar-refractivity contribution is -0.141. The predicted molar refractivity (Wildman–Crippen MR) is 67.8 cm³/mol. The van der Waals surface area contributed by atoms with Crippen molar-refractivity contribution in [3.05, 3.63) is 12.2 Å². The van der Waals surface area contributed by atoms with E-state index in [1.54, 1.807) is 0 Å². The van der Waals surface area contributed by atoms with Crippen LogP contribution in [0.4, 0.5) is 0 Å². The molecule has 0 aromatic heterocycles. The average Bonchev–Trinajstić information content (AvgIpc) is 2.78. The normalized spacial score (nSPS) is 41.2. The maximum atomic E-state index is 12.5. The smallest absolute Gasteiger partial charge is 0.233 e. The zero-order valence-electron chi connectivity index (χ0n) is 10.9. The number of aliphatic hydroxyl groups excluding tert-OH is 1. The second-order valence-electron chi connectivity index (χ2n) is 6.74. The molecule has 3 fully saturated rings. The van der Waals surface area contributed by atoms with Gasteiger partial charge in [-0.05, 0) is 42.9 Å². The van der Waals surface area contributed by atoms with Crippen LogP contribution in [0.25, 0.3) is 0 Å². The highest BCUT2D eigenvalue weighted by atomic mass is 16.3. The minimum atomic E-state index is -0.0765. The third-order valence-corrected chi connectivity index (χ3v) is 5.65. The van der Waals surface area contributed by atoms with Crippen LogP contribution in [0, 0.1) is 29.1 Å². The summed E-state index contributed by atoms with van der Waals surface area (Å²) in [4.78, 5) is 26.5. The number of hydrogen-bond donors (Lipinski definition) is 1. The van der Waals surface area contributed by atoms with Gasteiger partial charge in [0, 0.05) is 13.2 Å². The van der Waals surface area contributed by atoms with Gasteiger partial charge in [0.25, 0.3) is 0 Å². The molecule has 4 atom stereocenters. The van der Waals surface area contributed by atoms with Gasteiger partial charge in [0.05, 0.1) is 11.8 Å². The monoisotopic (exact) mass is 261 g/mol. The molecule has 2 saturated carbocycles. The van der Waals surface area contributed by atoms with Crippen LogP contribution in [0.1, 0.15) is 25.7 Å². The first kappa shape index (κ1) is 11.6. The van der Waals surface area contributed by atoms with E-state index in [4.69, 9.17) is 5.11 Å². The van der Waals surface area contributed by atoms with Crippen LogP contribution in [0.2, 0.25) is 0 Å². The SMILES string of the molecule is O=C1C2C3C=CC(C3)C2C(=O)N1CC1(CCO)CC1. The molecular formula is C15H19NO3. The van der Waals surface area contributed by atoms with Gasteiger partial charge < -0.3 is 5.11 Å². The molecule has 0 radical (unpaired) electrons. The summed E-state index contributed by atoms with van der Waals surface area (Å²) >= 11 is 0. The van der Waals surface area contributed by atoms with Crippen molar-refractivity contribution in [2.75, 3.05) is 13.2 Å². The molecule has 102 valence electrons. The topological polar surface area (TPSA) is 57.6 Å². The molecule has 0 aromatic carbocycles. The number of hydrogen-bond acceptors (Lipinski definition) is 3. The Hall–Kier alpha value is -1.16. The Labute approximate surface area is 112 Å². The minimum Gasteiger partial charge on any atom is -0.396 e. The van der Waals surface area contributed by atoms with E-state index in [1.165, 1.54) is 4.90 Å². The Morgan fingerprint density at radius 1 is 1.16 bits per heavy atom. The number of nitrogens with zero attached hydrogens (tertiary/aromatic N) is 1. The van der Waals surface area contributed by atoms with Crippen molar-refractivity contribution in [3.63, 3.8) is 0 Å². The van der Waals surface area contributed by atoms with Crippen molar-refractivity contribution >= 4 is 11.8 Å². The maximum absolute atomic E-state index is 12.5. The fraction of sp³-hybridized carbons (Fsp3) is 0.733. The number of aliphatic hydroxyl groups is 1. The van der Waals surface area contributed by atoms with E-state index in [9.17, 15) is 9.59 Å². The van der Waals surface area contributed by atoms with Crippen molar-refractivity contribution in [2.24, 2.45) is 29.1 Å². The molecular weight excluding hydrogens is 242 g/mol. The van der Waals surface area contributed by atoms with Gasteiger partial charge in [-0.3, -0.25) is 14.5 Å². The molecule has 4 unspecified atom stereocenters. The van der Waals surface area contributed by atoms with Gasteiger partial charge in [-0.15, -0.1) is 0 Å². The lowest BCUT2D eigenvalue weighted by Crippen LogP contribution is -2.38. The number of allylic oxidation sites excluding steroid dienone is 2. The molecule has 4 rings (SSSR count). The summed E-state index contributed by atoms with van der Waals surface area (Å²) in [6.07, 6.45) is 8.02. The third kappa shape index (κ3) is 1.49. The van der Waals surface area contributed by atoms with Gasteiger partial charge in [0.15, 0.2) is 0 Å². The lowest BCUT2D eigenvalue weighted by atomic mass is 9.85. The van der Waals surface area contributed by atoms with Crippen LogP contribution in [0.3, 0.4) is 0 Å². The Bertz CT molecular complexity index is 450. The molecule has 4 heteroatoms. The van der Waals surface area contributed by atoms with E-state index in [2.05, 4.69) is 12.2 Å². The predicted octanol–water partition coefficient (Wildman–Crippen LogP) is 0.956. The maximum Gasteiger partial charge on any atom is 0.233 e. The van der Waals surface area contributed by atoms with Gasteiger partial charge in [-0.1, -0.05) is 12.2 Å². The van der Waals surface area contributed by atoms with Crippen LogP contribution >= 0.6 is 0 Å². The number of rotatable bonds is 4. The average molecular weight is 261 g/mol. The molecule has 0 aromatic rings. The van der Waals surface area contributed by atoms with Gasteiger partial charge in [0.1, 0.15) is 0 Å². The molecule has 1 aliphatic heterocycles. The lowest BCUT2D eigenvalue weighted by Gasteiger charge is -2.23. The van der Waals surface area contributed by atoms with E-state index in [-0.39, 0.29) is 35.7 Å². The fourth-order valence-corrected chi connectivity index (χ4v) is 4.36. The van der Waals surface area contributed by atoms with Crippen molar-refractivity contribution < 1.29 is 14.7 Å². The van der Waals surface area contributed by atoms with E-state index in [0.29, 0.717) is 24.8 Å². The van der Waals surface area contributed by atoms with Gasteiger partial charge >= 0.3 is 0 Å². The first-order valence-electron chi connectivity index (χ1n) is 7.30.